The van der Waals surface area contributed by atoms with Gasteiger partial charge in [-0.2, -0.15) is 0 Å². The minimum atomic E-state index is -0.165. The van der Waals surface area contributed by atoms with Gasteiger partial charge in [0.05, 0.1) is 18.1 Å². The van der Waals surface area contributed by atoms with Crippen molar-refractivity contribution in [1.29, 1.82) is 0 Å². The summed E-state index contributed by atoms with van der Waals surface area (Å²) in [5, 5.41) is 2.62. The summed E-state index contributed by atoms with van der Waals surface area (Å²) in [7, 11) is 0. The maximum Gasteiger partial charge on any atom is 0.263 e. The molecule has 1 fully saturated rings. The van der Waals surface area contributed by atoms with E-state index < -0.39 is 0 Å². The number of aryl methyl sites for hydroxylation is 2. The molecule has 27 heavy (non-hydrogen) atoms. The summed E-state index contributed by atoms with van der Waals surface area (Å²) in [6.07, 6.45) is 2.57. The van der Waals surface area contributed by atoms with Crippen LogP contribution in [-0.4, -0.2) is 23.4 Å². The van der Waals surface area contributed by atoms with Gasteiger partial charge in [0.1, 0.15) is 15.8 Å². The van der Waals surface area contributed by atoms with E-state index in [-0.39, 0.29) is 5.91 Å². The van der Waals surface area contributed by atoms with Gasteiger partial charge in [0, 0.05) is 12.0 Å². The van der Waals surface area contributed by atoms with Gasteiger partial charge in [-0.15, -0.1) is 0 Å². The predicted octanol–water partition coefficient (Wildman–Crippen LogP) is 4.64. The lowest BCUT2D eigenvalue weighted by Gasteiger charge is -2.12. The minimum absolute atomic E-state index is 0.165. The third kappa shape index (κ3) is 5.34. The van der Waals surface area contributed by atoms with Crippen LogP contribution in [0.5, 0.6) is 11.5 Å². The fourth-order valence-corrected chi connectivity index (χ4v) is 3.71. The molecule has 1 aliphatic rings. The van der Waals surface area contributed by atoms with Gasteiger partial charge in [-0.1, -0.05) is 59.9 Å². The molecular formula is C21H21NO3S2. The zero-order valence-electron chi connectivity index (χ0n) is 15.3. The molecule has 2 aromatic carbocycles. The van der Waals surface area contributed by atoms with Crippen molar-refractivity contribution in [3.63, 3.8) is 0 Å². The summed E-state index contributed by atoms with van der Waals surface area (Å²) in [6, 6.07) is 13.8. The maximum absolute atomic E-state index is 11.8. The molecule has 3 rings (SSSR count). The third-order valence-electron chi connectivity index (χ3n) is 3.98. The van der Waals surface area contributed by atoms with E-state index in [0.29, 0.717) is 22.4 Å². The number of ether oxygens (including phenoxy) is 2. The van der Waals surface area contributed by atoms with Crippen LogP contribution in [0.1, 0.15) is 23.1 Å². The summed E-state index contributed by atoms with van der Waals surface area (Å²) in [4.78, 5) is 12.4. The molecule has 0 atom stereocenters. The standard InChI is InChI=1S/C21H21NO3S2/c1-14-8-9-17(15(2)12-14)24-10-5-11-25-18-7-4-3-6-16(18)13-19-20(23)22-21(26)27-19/h3-4,6-9,12-13H,5,10-11H2,1-2H3,(H,22,23,26)/b19-13+. The molecule has 1 N–H and O–H groups in total. The minimum Gasteiger partial charge on any atom is -0.493 e. The number of nitrogens with one attached hydrogen (secondary N) is 1. The van der Waals surface area contributed by atoms with Crippen LogP contribution in [0.25, 0.3) is 6.08 Å². The van der Waals surface area contributed by atoms with Gasteiger partial charge in [0.15, 0.2) is 0 Å². The van der Waals surface area contributed by atoms with Crippen molar-refractivity contribution in [1.82, 2.24) is 5.32 Å². The lowest BCUT2D eigenvalue weighted by atomic mass is 10.1. The molecule has 0 unspecified atom stereocenters. The number of carbonyl (C=O) groups excluding carboxylic acids is 1. The van der Waals surface area contributed by atoms with E-state index in [1.807, 2.05) is 43.3 Å². The van der Waals surface area contributed by atoms with Crippen molar-refractivity contribution in [3.8, 4) is 11.5 Å². The lowest BCUT2D eigenvalue weighted by molar-refractivity contribution is -0.115. The summed E-state index contributed by atoms with van der Waals surface area (Å²) in [5.41, 5.74) is 3.22. The highest BCUT2D eigenvalue weighted by Gasteiger charge is 2.22. The Morgan fingerprint density at radius 3 is 2.52 bits per heavy atom. The molecule has 0 spiro atoms. The fourth-order valence-electron chi connectivity index (χ4n) is 2.68. The number of carbonyl (C=O) groups is 1. The van der Waals surface area contributed by atoms with Crippen LogP contribution in [-0.2, 0) is 4.79 Å². The Morgan fingerprint density at radius 2 is 1.81 bits per heavy atom. The van der Waals surface area contributed by atoms with Gasteiger partial charge in [-0.3, -0.25) is 4.79 Å². The van der Waals surface area contributed by atoms with Crippen molar-refractivity contribution < 1.29 is 14.3 Å². The molecule has 0 radical (unpaired) electrons. The average molecular weight is 400 g/mol. The van der Waals surface area contributed by atoms with E-state index in [1.54, 1.807) is 6.08 Å². The SMILES string of the molecule is Cc1ccc(OCCCOc2ccccc2/C=C2/SC(=S)NC2=O)c(C)c1. The van der Waals surface area contributed by atoms with Crippen molar-refractivity contribution in [2.24, 2.45) is 0 Å². The maximum atomic E-state index is 11.8. The molecule has 0 saturated carbocycles. The Balaban J connectivity index is 1.54. The van der Waals surface area contributed by atoms with Crippen LogP contribution in [0.2, 0.25) is 0 Å². The van der Waals surface area contributed by atoms with Crippen LogP contribution in [0, 0.1) is 13.8 Å². The Bertz CT molecular complexity index is 893. The largest absolute Gasteiger partial charge is 0.493 e. The Hall–Kier alpha value is -2.31. The lowest BCUT2D eigenvalue weighted by Crippen LogP contribution is -2.17. The zero-order valence-corrected chi connectivity index (χ0v) is 16.9. The highest BCUT2D eigenvalue weighted by atomic mass is 32.2. The van der Waals surface area contributed by atoms with Crippen LogP contribution >= 0.6 is 24.0 Å². The Labute approximate surface area is 168 Å². The fraction of sp³-hybridized carbons (Fsp3) is 0.238. The van der Waals surface area contributed by atoms with E-state index in [2.05, 4.69) is 18.3 Å². The normalized spacial score (nSPS) is 15.1. The number of rotatable bonds is 7. The first kappa shape index (κ1) is 19.5. The summed E-state index contributed by atoms with van der Waals surface area (Å²) >= 11 is 6.29. The first-order chi connectivity index (χ1) is 13.0. The summed E-state index contributed by atoms with van der Waals surface area (Å²) in [5.74, 6) is 1.48. The molecule has 1 heterocycles. The molecule has 1 saturated heterocycles. The van der Waals surface area contributed by atoms with Gasteiger partial charge in [-0.05, 0) is 37.6 Å². The summed E-state index contributed by atoms with van der Waals surface area (Å²) in [6.45, 7) is 5.23. The number of benzene rings is 2. The first-order valence-electron chi connectivity index (χ1n) is 8.69. The number of para-hydroxylation sites is 1. The van der Waals surface area contributed by atoms with Crippen molar-refractivity contribution in [3.05, 3.63) is 64.1 Å². The van der Waals surface area contributed by atoms with E-state index in [4.69, 9.17) is 21.7 Å². The number of thiocarbonyl (C=S) groups is 1. The molecule has 1 aliphatic heterocycles. The van der Waals surface area contributed by atoms with E-state index in [1.165, 1.54) is 17.3 Å². The molecule has 0 aliphatic carbocycles. The number of hydrogen-bond acceptors (Lipinski definition) is 5. The van der Waals surface area contributed by atoms with Crippen molar-refractivity contribution >= 4 is 40.3 Å². The quantitative estimate of drug-likeness (QED) is 0.418. The number of amides is 1. The number of thioether (sulfide) groups is 1. The molecule has 0 aromatic heterocycles. The second-order valence-electron chi connectivity index (χ2n) is 6.21. The molecule has 4 nitrogen and oxygen atoms in total. The van der Waals surface area contributed by atoms with E-state index >= 15 is 0 Å². The molecular weight excluding hydrogens is 378 g/mol. The third-order valence-corrected chi connectivity index (χ3v) is 5.14. The molecule has 1 amide bonds. The Kier molecular flexibility index (Phi) is 6.53. The predicted molar refractivity (Wildman–Crippen MR) is 114 cm³/mol. The topological polar surface area (TPSA) is 47.6 Å². The van der Waals surface area contributed by atoms with Crippen molar-refractivity contribution in [2.75, 3.05) is 13.2 Å². The van der Waals surface area contributed by atoms with E-state index in [0.717, 1.165) is 29.0 Å². The first-order valence-corrected chi connectivity index (χ1v) is 9.92. The van der Waals surface area contributed by atoms with E-state index in [9.17, 15) is 4.79 Å². The molecule has 6 heteroatoms. The van der Waals surface area contributed by atoms with Gasteiger partial charge in [0.2, 0.25) is 0 Å². The van der Waals surface area contributed by atoms with Crippen molar-refractivity contribution in [2.45, 2.75) is 20.3 Å². The monoisotopic (exact) mass is 399 g/mol. The molecule has 2 aromatic rings. The van der Waals surface area contributed by atoms with Crippen LogP contribution < -0.4 is 14.8 Å². The zero-order chi connectivity index (χ0) is 19.2. The van der Waals surface area contributed by atoms with Crippen LogP contribution in [0.4, 0.5) is 0 Å². The second kappa shape index (κ2) is 9.06. The summed E-state index contributed by atoms with van der Waals surface area (Å²) < 4.78 is 12.2. The smallest absolute Gasteiger partial charge is 0.263 e. The van der Waals surface area contributed by atoms with Crippen LogP contribution in [0.3, 0.4) is 0 Å². The number of hydrogen-bond donors (Lipinski definition) is 1. The molecule has 0 bridgehead atoms. The average Bonchev–Trinajstić information content (AvgIpc) is 2.95. The molecule has 140 valence electrons. The van der Waals surface area contributed by atoms with Gasteiger partial charge < -0.3 is 14.8 Å². The highest BCUT2D eigenvalue weighted by Crippen LogP contribution is 2.29. The van der Waals surface area contributed by atoms with Gasteiger partial charge in [-0.25, -0.2) is 0 Å². The Morgan fingerprint density at radius 1 is 1.07 bits per heavy atom. The van der Waals surface area contributed by atoms with Gasteiger partial charge >= 0.3 is 0 Å². The highest BCUT2D eigenvalue weighted by molar-refractivity contribution is 8.26. The second-order valence-corrected chi connectivity index (χ2v) is 7.93. The van der Waals surface area contributed by atoms with Crippen LogP contribution in [0.15, 0.2) is 47.4 Å². The van der Waals surface area contributed by atoms with Gasteiger partial charge in [0.25, 0.3) is 5.91 Å².